The molecule has 1 saturated carbocycles. The van der Waals surface area contributed by atoms with Gasteiger partial charge in [-0.2, -0.15) is 0 Å². The van der Waals surface area contributed by atoms with E-state index in [4.69, 9.17) is 0 Å². The third-order valence-corrected chi connectivity index (χ3v) is 15.4. The Morgan fingerprint density at radius 3 is 2.02 bits per heavy atom. The predicted octanol–water partition coefficient (Wildman–Crippen LogP) is 9.04. The summed E-state index contributed by atoms with van der Waals surface area (Å²) in [4.78, 5) is 0. The van der Waals surface area contributed by atoms with Gasteiger partial charge in [-0.15, -0.1) is 0 Å². The Kier molecular flexibility index (Phi) is 6.81. The summed E-state index contributed by atoms with van der Waals surface area (Å²) in [5, 5.41) is 4.16. The Hall–Kier alpha value is -2.20. The number of benzene rings is 1. The van der Waals surface area contributed by atoms with Crippen LogP contribution in [0.15, 0.2) is 90.6 Å². The van der Waals surface area contributed by atoms with Crippen LogP contribution in [0.5, 0.6) is 0 Å². The van der Waals surface area contributed by atoms with Crippen LogP contribution < -0.4 is 5.32 Å². The lowest BCUT2D eigenvalue weighted by Crippen LogP contribution is -2.64. The van der Waals surface area contributed by atoms with Crippen molar-refractivity contribution >= 4 is 13.8 Å². The van der Waals surface area contributed by atoms with Gasteiger partial charge in [0, 0.05) is 6.04 Å². The molecule has 2 nitrogen and oxygen atoms in total. The van der Waals surface area contributed by atoms with E-state index in [1.807, 2.05) is 0 Å². The van der Waals surface area contributed by atoms with Crippen LogP contribution in [-0.2, 0) is 5.41 Å². The highest BCUT2D eigenvalue weighted by Crippen LogP contribution is 2.61. The molecule has 0 amide bonds. The maximum Gasteiger partial charge on any atom is 0.129 e. The van der Waals surface area contributed by atoms with E-state index >= 15 is 0 Å². The molecular weight excluding hydrogens is 513 g/mol. The Balaban J connectivity index is 1.37. The van der Waals surface area contributed by atoms with E-state index in [0.29, 0.717) is 41.3 Å². The van der Waals surface area contributed by atoms with Gasteiger partial charge in [0.05, 0.1) is 11.7 Å². The first-order chi connectivity index (χ1) is 19.1. The number of hydrogen-bond acceptors (Lipinski definition) is 2. The van der Waals surface area contributed by atoms with Gasteiger partial charge in [-0.05, 0) is 76.2 Å². The Bertz CT molecular complexity index is 1370. The highest BCUT2D eigenvalue weighted by molar-refractivity contribution is 6.76. The van der Waals surface area contributed by atoms with E-state index in [1.54, 1.807) is 0 Å². The Morgan fingerprint density at radius 2 is 1.39 bits per heavy atom. The average Bonchev–Trinajstić information content (AvgIpc) is 3.38. The maximum atomic E-state index is 4.16. The largest absolute Gasteiger partial charge is 0.299 e. The lowest BCUT2D eigenvalue weighted by Gasteiger charge is -2.51. The van der Waals surface area contributed by atoms with Crippen LogP contribution in [-0.4, -0.2) is 30.5 Å². The highest BCUT2D eigenvalue weighted by atomic mass is 28.3. The van der Waals surface area contributed by atoms with E-state index in [0.717, 1.165) is 0 Å². The third kappa shape index (κ3) is 4.77. The standard InChI is InChI=1S/C38H52N2Si/c1-36(2,3)26-20-18-25(19-21-26)28-16-13-17-33-34(28)39-38(7,8)40(33)41(9,10)35-31-15-12-11-14-29(31)30-23-22-27(24-32(30)35)37(4,5)6/h11-24,29-35,39H,1-10H3/t29?,30?,31?,32?,33-,34?,35?/m1/s1. The lowest BCUT2D eigenvalue weighted by molar-refractivity contribution is 0.227. The summed E-state index contributed by atoms with van der Waals surface area (Å²) < 4.78 is 2.98. The van der Waals surface area contributed by atoms with Gasteiger partial charge >= 0.3 is 0 Å². The lowest BCUT2D eigenvalue weighted by atomic mass is 9.76. The molecule has 6 unspecified atom stereocenters. The van der Waals surface area contributed by atoms with E-state index in [2.05, 4.69) is 163 Å². The molecule has 1 aromatic rings. The molecule has 1 aromatic carbocycles. The van der Waals surface area contributed by atoms with Crippen LogP contribution in [0.4, 0.5) is 0 Å². The molecule has 2 fully saturated rings. The zero-order valence-electron chi connectivity index (χ0n) is 27.1. The molecule has 0 spiro atoms. The molecule has 4 aliphatic carbocycles. The summed E-state index contributed by atoms with van der Waals surface area (Å²) in [6, 6.07) is 10.0. The van der Waals surface area contributed by atoms with Gasteiger partial charge < -0.3 is 0 Å². The van der Waals surface area contributed by atoms with Gasteiger partial charge in [0.15, 0.2) is 0 Å². The van der Waals surface area contributed by atoms with Gasteiger partial charge in [0.2, 0.25) is 0 Å². The minimum atomic E-state index is -2.02. The second-order valence-electron chi connectivity index (χ2n) is 16.4. The summed E-state index contributed by atoms with van der Waals surface area (Å²) in [7, 11) is -2.02. The molecule has 1 aliphatic heterocycles. The third-order valence-electron chi connectivity index (χ3n) is 10.9. The Labute approximate surface area is 251 Å². The van der Waals surface area contributed by atoms with E-state index in [9.17, 15) is 0 Å². The van der Waals surface area contributed by atoms with Crippen molar-refractivity contribution in [2.75, 3.05) is 0 Å². The number of nitrogens with one attached hydrogen (secondary N) is 1. The summed E-state index contributed by atoms with van der Waals surface area (Å²) in [5.74, 6) is 2.38. The minimum Gasteiger partial charge on any atom is -0.299 e. The quantitative estimate of drug-likeness (QED) is 0.368. The molecule has 7 atom stereocenters. The topological polar surface area (TPSA) is 15.3 Å². The van der Waals surface area contributed by atoms with Crippen LogP contribution in [0.25, 0.3) is 5.57 Å². The van der Waals surface area contributed by atoms with Gasteiger partial charge in [-0.1, -0.05) is 140 Å². The van der Waals surface area contributed by atoms with Gasteiger partial charge in [-0.3, -0.25) is 9.88 Å². The molecule has 0 aromatic heterocycles. The molecule has 41 heavy (non-hydrogen) atoms. The fourth-order valence-electron chi connectivity index (χ4n) is 9.13. The van der Waals surface area contributed by atoms with Crippen LogP contribution in [0.2, 0.25) is 18.6 Å². The first kappa shape index (κ1) is 28.9. The van der Waals surface area contributed by atoms with E-state index in [1.165, 1.54) is 22.3 Å². The first-order valence-electron chi connectivity index (χ1n) is 15.9. The van der Waals surface area contributed by atoms with Crippen LogP contribution in [0.1, 0.15) is 66.5 Å². The summed E-state index contributed by atoms with van der Waals surface area (Å²) in [5.41, 5.74) is 6.57. The summed E-state index contributed by atoms with van der Waals surface area (Å²) in [6.45, 7) is 24.2. The number of allylic oxidation sites excluding steroid dienone is 10. The fourth-order valence-corrected chi connectivity index (χ4v) is 14.5. The van der Waals surface area contributed by atoms with Crippen molar-refractivity contribution in [3.63, 3.8) is 0 Å². The molecule has 218 valence electrons. The zero-order valence-corrected chi connectivity index (χ0v) is 28.1. The maximum absolute atomic E-state index is 4.16. The van der Waals surface area contributed by atoms with Crippen molar-refractivity contribution in [3.05, 3.63) is 102 Å². The molecule has 1 saturated heterocycles. The second-order valence-corrected chi connectivity index (χ2v) is 20.8. The second kappa shape index (κ2) is 9.66. The van der Waals surface area contributed by atoms with Crippen molar-refractivity contribution in [3.8, 4) is 0 Å². The normalized spacial score (nSPS) is 34.2. The zero-order chi connectivity index (χ0) is 29.5. The summed E-state index contributed by atoms with van der Waals surface area (Å²) >= 11 is 0. The van der Waals surface area contributed by atoms with Crippen molar-refractivity contribution in [1.29, 1.82) is 0 Å². The SMILES string of the molecule is CC(C)(C)C1=CC2C(C=C1)C1C=CC=CC1C2[Si](C)(C)N1[C@@H]2C=CC=C(c3ccc(C(C)(C)C)cc3)C2NC1(C)C. The molecule has 1 N–H and O–H groups in total. The van der Waals surface area contributed by atoms with Crippen LogP contribution >= 0.6 is 0 Å². The molecule has 1 heterocycles. The van der Waals surface area contributed by atoms with Crippen molar-refractivity contribution in [2.24, 2.45) is 29.1 Å². The molecule has 3 heteroatoms. The van der Waals surface area contributed by atoms with E-state index < -0.39 is 8.24 Å². The predicted molar refractivity (Wildman–Crippen MR) is 179 cm³/mol. The smallest absolute Gasteiger partial charge is 0.129 e. The van der Waals surface area contributed by atoms with Gasteiger partial charge in [0.25, 0.3) is 0 Å². The van der Waals surface area contributed by atoms with Crippen molar-refractivity contribution < 1.29 is 0 Å². The first-order valence-corrected chi connectivity index (χ1v) is 19.0. The monoisotopic (exact) mass is 564 g/mol. The van der Waals surface area contributed by atoms with Crippen molar-refractivity contribution in [2.45, 2.75) is 97.2 Å². The van der Waals surface area contributed by atoms with Crippen LogP contribution in [0.3, 0.4) is 0 Å². The molecule has 0 radical (unpaired) electrons. The number of nitrogens with zero attached hydrogens (tertiary/aromatic N) is 1. The van der Waals surface area contributed by atoms with E-state index in [-0.39, 0.29) is 16.5 Å². The number of rotatable bonds is 3. The Morgan fingerprint density at radius 1 is 0.756 bits per heavy atom. The summed E-state index contributed by atoms with van der Waals surface area (Å²) in [6.07, 6.45) is 24.6. The number of fused-ring (bicyclic) bond motifs is 4. The fraction of sp³-hybridized carbons (Fsp3) is 0.526. The molecule has 5 aliphatic rings. The van der Waals surface area contributed by atoms with Gasteiger partial charge in [0.1, 0.15) is 8.24 Å². The van der Waals surface area contributed by atoms with Gasteiger partial charge in [-0.25, -0.2) is 0 Å². The highest BCUT2D eigenvalue weighted by Gasteiger charge is 2.61. The molecule has 6 rings (SSSR count). The average molecular weight is 565 g/mol. The van der Waals surface area contributed by atoms with Crippen molar-refractivity contribution in [1.82, 2.24) is 9.88 Å². The number of hydrogen-bond donors (Lipinski definition) is 1. The minimum absolute atomic E-state index is 0.0902. The molecule has 0 bridgehead atoms. The molecular formula is C38H52N2Si. The van der Waals surface area contributed by atoms with Crippen LogP contribution in [0, 0.1) is 29.1 Å².